The van der Waals surface area contributed by atoms with E-state index in [0.717, 1.165) is 37.1 Å². The van der Waals surface area contributed by atoms with Crippen LogP contribution in [0.2, 0.25) is 0 Å². The zero-order valence-corrected chi connectivity index (χ0v) is 13.8. The molecule has 0 radical (unpaired) electrons. The SMILES string of the molecule is O=C(CCc1cnoc1-c1ccc(F)cc1)N1CCCCCCC1. The maximum Gasteiger partial charge on any atom is 0.222 e. The average molecular weight is 330 g/mol. The topological polar surface area (TPSA) is 46.3 Å². The van der Waals surface area contributed by atoms with Gasteiger partial charge >= 0.3 is 0 Å². The highest BCUT2D eigenvalue weighted by Crippen LogP contribution is 2.25. The van der Waals surface area contributed by atoms with Crippen molar-refractivity contribution >= 4 is 5.91 Å². The Labute approximate surface area is 141 Å². The Morgan fingerprint density at radius 2 is 1.75 bits per heavy atom. The van der Waals surface area contributed by atoms with Gasteiger partial charge in [-0.15, -0.1) is 0 Å². The van der Waals surface area contributed by atoms with Crippen LogP contribution in [0.15, 0.2) is 35.0 Å². The number of aryl methyl sites for hydroxylation is 1. The molecule has 0 bridgehead atoms. The summed E-state index contributed by atoms with van der Waals surface area (Å²) in [5.41, 5.74) is 1.67. The number of hydrogen-bond acceptors (Lipinski definition) is 3. The normalized spacial score (nSPS) is 15.8. The summed E-state index contributed by atoms with van der Waals surface area (Å²) < 4.78 is 18.4. The summed E-state index contributed by atoms with van der Waals surface area (Å²) >= 11 is 0. The van der Waals surface area contributed by atoms with Gasteiger partial charge in [-0.25, -0.2) is 4.39 Å². The van der Waals surface area contributed by atoms with E-state index in [1.54, 1.807) is 18.3 Å². The van der Waals surface area contributed by atoms with Crippen molar-refractivity contribution in [2.24, 2.45) is 0 Å². The van der Waals surface area contributed by atoms with Gasteiger partial charge in [0.25, 0.3) is 0 Å². The second-order valence-corrected chi connectivity index (χ2v) is 6.34. The lowest BCUT2D eigenvalue weighted by Gasteiger charge is -2.24. The zero-order chi connectivity index (χ0) is 16.8. The summed E-state index contributed by atoms with van der Waals surface area (Å²) in [7, 11) is 0. The molecule has 1 aromatic carbocycles. The van der Waals surface area contributed by atoms with Gasteiger partial charge in [-0.2, -0.15) is 0 Å². The minimum absolute atomic E-state index is 0.197. The van der Waals surface area contributed by atoms with Gasteiger partial charge in [-0.05, 0) is 43.5 Å². The molecular weight excluding hydrogens is 307 g/mol. The maximum absolute atomic E-state index is 13.1. The first-order chi connectivity index (χ1) is 11.7. The van der Waals surface area contributed by atoms with Crippen LogP contribution in [0, 0.1) is 5.82 Å². The van der Waals surface area contributed by atoms with E-state index in [1.165, 1.54) is 31.4 Å². The van der Waals surface area contributed by atoms with Crippen LogP contribution in [0.1, 0.15) is 44.1 Å². The molecule has 2 aromatic rings. The van der Waals surface area contributed by atoms with Crippen molar-refractivity contribution in [2.75, 3.05) is 13.1 Å². The molecule has 24 heavy (non-hydrogen) atoms. The van der Waals surface area contributed by atoms with E-state index >= 15 is 0 Å². The number of benzene rings is 1. The van der Waals surface area contributed by atoms with Gasteiger partial charge in [0.15, 0.2) is 5.76 Å². The Bertz CT molecular complexity index is 658. The second kappa shape index (κ2) is 8.08. The molecule has 128 valence electrons. The number of carbonyl (C=O) groups excluding carboxylic acids is 1. The molecule has 5 heteroatoms. The van der Waals surface area contributed by atoms with Crippen LogP contribution >= 0.6 is 0 Å². The molecule has 1 amide bonds. The van der Waals surface area contributed by atoms with Crippen molar-refractivity contribution in [3.8, 4) is 11.3 Å². The Morgan fingerprint density at radius 1 is 1.08 bits per heavy atom. The molecule has 3 rings (SSSR count). The summed E-state index contributed by atoms with van der Waals surface area (Å²) in [6.07, 6.45) is 8.60. The highest BCUT2D eigenvalue weighted by Gasteiger charge is 2.17. The van der Waals surface area contributed by atoms with Gasteiger partial charge in [0.2, 0.25) is 5.91 Å². The number of likely N-dealkylation sites (tertiary alicyclic amines) is 1. The largest absolute Gasteiger partial charge is 0.356 e. The van der Waals surface area contributed by atoms with Crippen LogP contribution in [0.3, 0.4) is 0 Å². The molecular formula is C19H23FN2O2. The van der Waals surface area contributed by atoms with Crippen LogP contribution in [0.5, 0.6) is 0 Å². The molecule has 0 aliphatic carbocycles. The first-order valence-corrected chi connectivity index (χ1v) is 8.71. The summed E-state index contributed by atoms with van der Waals surface area (Å²) in [5, 5.41) is 3.85. The third-order valence-corrected chi connectivity index (χ3v) is 4.57. The van der Waals surface area contributed by atoms with Crippen LogP contribution < -0.4 is 0 Å². The van der Waals surface area contributed by atoms with E-state index in [2.05, 4.69) is 5.16 Å². The molecule has 0 spiro atoms. The highest BCUT2D eigenvalue weighted by atomic mass is 19.1. The predicted molar refractivity (Wildman–Crippen MR) is 89.9 cm³/mol. The molecule has 2 heterocycles. The fourth-order valence-electron chi connectivity index (χ4n) is 3.17. The number of nitrogens with zero attached hydrogens (tertiary/aromatic N) is 2. The molecule has 0 unspecified atom stereocenters. The maximum atomic E-state index is 13.1. The van der Waals surface area contributed by atoms with Crippen molar-refractivity contribution in [1.29, 1.82) is 0 Å². The minimum atomic E-state index is -0.285. The average Bonchev–Trinajstić information content (AvgIpc) is 3.01. The van der Waals surface area contributed by atoms with E-state index in [9.17, 15) is 9.18 Å². The third-order valence-electron chi connectivity index (χ3n) is 4.57. The highest BCUT2D eigenvalue weighted by molar-refractivity contribution is 5.76. The fraction of sp³-hybridized carbons (Fsp3) is 0.474. The smallest absolute Gasteiger partial charge is 0.222 e. The summed E-state index contributed by atoms with van der Waals surface area (Å²) in [6, 6.07) is 6.12. The number of amides is 1. The summed E-state index contributed by atoms with van der Waals surface area (Å²) in [4.78, 5) is 14.5. The van der Waals surface area contributed by atoms with Gasteiger partial charge in [0.1, 0.15) is 5.82 Å². The van der Waals surface area contributed by atoms with Crippen molar-refractivity contribution in [3.05, 3.63) is 41.8 Å². The van der Waals surface area contributed by atoms with Crippen LogP contribution in [-0.2, 0) is 11.2 Å². The molecule has 1 aliphatic heterocycles. The minimum Gasteiger partial charge on any atom is -0.356 e. The quantitative estimate of drug-likeness (QED) is 0.844. The standard InChI is InChI=1S/C19H23FN2O2/c20-17-9-6-15(7-10-17)19-16(14-21-24-19)8-11-18(23)22-12-4-2-1-3-5-13-22/h6-7,9-10,14H,1-5,8,11-13H2. The Hall–Kier alpha value is -2.17. The molecule has 4 nitrogen and oxygen atoms in total. The van der Waals surface area contributed by atoms with Gasteiger partial charge in [0, 0.05) is 30.6 Å². The van der Waals surface area contributed by atoms with Gasteiger partial charge in [-0.1, -0.05) is 24.4 Å². The zero-order valence-electron chi connectivity index (χ0n) is 13.8. The van der Waals surface area contributed by atoms with E-state index in [0.29, 0.717) is 18.6 Å². The van der Waals surface area contributed by atoms with Gasteiger partial charge in [0.05, 0.1) is 6.20 Å². The Balaban J connectivity index is 1.61. The lowest BCUT2D eigenvalue weighted by atomic mass is 10.0. The molecule has 1 aliphatic rings. The number of aromatic nitrogens is 1. The summed E-state index contributed by atoms with van der Waals surface area (Å²) in [5.74, 6) is 0.533. The molecule has 0 saturated carbocycles. The second-order valence-electron chi connectivity index (χ2n) is 6.34. The molecule has 1 fully saturated rings. The van der Waals surface area contributed by atoms with Crippen LogP contribution in [0.4, 0.5) is 4.39 Å². The number of rotatable bonds is 4. The van der Waals surface area contributed by atoms with E-state index in [4.69, 9.17) is 4.52 Å². The predicted octanol–water partition coefficient (Wildman–Crippen LogP) is 4.21. The Morgan fingerprint density at radius 3 is 2.46 bits per heavy atom. The van der Waals surface area contributed by atoms with Crippen molar-refractivity contribution in [3.63, 3.8) is 0 Å². The number of carbonyl (C=O) groups is 1. The van der Waals surface area contributed by atoms with Crippen LogP contribution in [0.25, 0.3) is 11.3 Å². The summed E-state index contributed by atoms with van der Waals surface area (Å²) in [6.45, 7) is 1.74. The molecule has 1 saturated heterocycles. The number of hydrogen-bond donors (Lipinski definition) is 0. The molecule has 1 aromatic heterocycles. The van der Waals surface area contributed by atoms with Gasteiger partial charge < -0.3 is 9.42 Å². The van der Waals surface area contributed by atoms with E-state index in [1.807, 2.05) is 4.90 Å². The fourth-order valence-corrected chi connectivity index (χ4v) is 3.17. The van der Waals surface area contributed by atoms with Crippen molar-refractivity contribution < 1.29 is 13.7 Å². The first kappa shape index (κ1) is 16.7. The first-order valence-electron chi connectivity index (χ1n) is 8.71. The van der Waals surface area contributed by atoms with Crippen molar-refractivity contribution in [1.82, 2.24) is 10.1 Å². The monoisotopic (exact) mass is 330 g/mol. The van der Waals surface area contributed by atoms with Gasteiger partial charge in [-0.3, -0.25) is 4.79 Å². The van der Waals surface area contributed by atoms with Crippen LogP contribution in [-0.4, -0.2) is 29.1 Å². The molecule has 0 atom stereocenters. The Kier molecular flexibility index (Phi) is 5.62. The molecule has 0 N–H and O–H groups in total. The lowest BCUT2D eigenvalue weighted by molar-refractivity contribution is -0.131. The third kappa shape index (κ3) is 4.22. The van der Waals surface area contributed by atoms with Crippen molar-refractivity contribution in [2.45, 2.75) is 44.9 Å². The lowest BCUT2D eigenvalue weighted by Crippen LogP contribution is -2.33. The van der Waals surface area contributed by atoms with E-state index in [-0.39, 0.29) is 11.7 Å². The van der Waals surface area contributed by atoms with E-state index < -0.39 is 0 Å². The number of halogens is 1.